The van der Waals surface area contributed by atoms with Gasteiger partial charge < -0.3 is 9.47 Å². The zero-order valence-electron chi connectivity index (χ0n) is 5.52. The van der Waals surface area contributed by atoms with Gasteiger partial charge in [-0.15, -0.1) is 0 Å². The molecule has 52 valence electrons. The highest BCUT2D eigenvalue weighted by atomic mass is 16.6. The Morgan fingerprint density at radius 3 is 2.56 bits per heavy atom. The molecular formula is C6H11NO2. The van der Waals surface area contributed by atoms with E-state index in [1.165, 1.54) is 0 Å². The second kappa shape index (κ2) is 1.68. The maximum absolute atomic E-state index is 5.45. The number of rotatable bonds is 0. The van der Waals surface area contributed by atoms with Gasteiger partial charge in [-0.3, -0.25) is 5.32 Å². The molecule has 9 heavy (non-hydrogen) atoms. The van der Waals surface area contributed by atoms with Gasteiger partial charge >= 0.3 is 0 Å². The molecule has 0 aromatic heterocycles. The second-order valence-corrected chi connectivity index (χ2v) is 2.84. The fraction of sp³-hybridized carbons (Fsp3) is 1.00. The number of hydrogen-bond acceptors (Lipinski definition) is 3. The fourth-order valence-electron chi connectivity index (χ4n) is 1.27. The van der Waals surface area contributed by atoms with Crippen molar-refractivity contribution in [2.45, 2.75) is 18.7 Å². The molecule has 0 bridgehead atoms. The summed E-state index contributed by atoms with van der Waals surface area (Å²) in [5.74, 6) is 0. The van der Waals surface area contributed by atoms with E-state index in [-0.39, 0.29) is 5.72 Å². The molecule has 0 aromatic carbocycles. The maximum Gasteiger partial charge on any atom is 0.166 e. The molecule has 2 aliphatic heterocycles. The molecule has 0 aliphatic carbocycles. The van der Waals surface area contributed by atoms with E-state index in [0.29, 0.717) is 6.04 Å². The van der Waals surface area contributed by atoms with Crippen molar-refractivity contribution in [2.24, 2.45) is 0 Å². The summed E-state index contributed by atoms with van der Waals surface area (Å²) in [7, 11) is 0. The van der Waals surface area contributed by atoms with E-state index in [2.05, 4.69) is 12.2 Å². The predicted octanol–water partition coefficient (Wildman–Crippen LogP) is -0.279. The Morgan fingerprint density at radius 1 is 1.56 bits per heavy atom. The highest BCUT2D eigenvalue weighted by molar-refractivity contribution is 4.91. The van der Waals surface area contributed by atoms with Crippen LogP contribution >= 0.6 is 0 Å². The first-order chi connectivity index (χ1) is 4.31. The van der Waals surface area contributed by atoms with Crippen molar-refractivity contribution in [3.05, 3.63) is 0 Å². The molecule has 1 atom stereocenters. The average Bonchev–Trinajstić information content (AvgIpc) is 2.09. The Kier molecular flexibility index (Phi) is 1.06. The third kappa shape index (κ3) is 0.764. The summed E-state index contributed by atoms with van der Waals surface area (Å²) in [6, 6.07) is 0.494. The molecule has 3 heteroatoms. The summed E-state index contributed by atoms with van der Waals surface area (Å²) in [6.07, 6.45) is 0. The van der Waals surface area contributed by atoms with Crippen molar-refractivity contribution in [1.82, 2.24) is 5.32 Å². The predicted molar refractivity (Wildman–Crippen MR) is 32.1 cm³/mol. The first-order valence-corrected chi connectivity index (χ1v) is 3.30. The van der Waals surface area contributed by atoms with Crippen molar-refractivity contribution in [2.75, 3.05) is 19.8 Å². The minimum absolute atomic E-state index is 0.0839. The van der Waals surface area contributed by atoms with Gasteiger partial charge in [0.15, 0.2) is 5.72 Å². The number of nitrogens with one attached hydrogen (secondary N) is 1. The topological polar surface area (TPSA) is 30.5 Å². The van der Waals surface area contributed by atoms with Crippen LogP contribution in [0.5, 0.6) is 0 Å². The third-order valence-electron chi connectivity index (χ3n) is 1.79. The van der Waals surface area contributed by atoms with Gasteiger partial charge in [-0.1, -0.05) is 0 Å². The van der Waals surface area contributed by atoms with E-state index in [1.807, 2.05) is 0 Å². The van der Waals surface area contributed by atoms with Crippen molar-refractivity contribution in [3.8, 4) is 0 Å². The molecule has 0 aromatic rings. The Bertz CT molecular complexity index is 122. The van der Waals surface area contributed by atoms with Crippen molar-refractivity contribution in [3.63, 3.8) is 0 Å². The van der Waals surface area contributed by atoms with Gasteiger partial charge in [0.2, 0.25) is 0 Å². The van der Waals surface area contributed by atoms with E-state index in [9.17, 15) is 0 Å². The normalized spacial score (nSPS) is 39.0. The largest absolute Gasteiger partial charge is 0.372 e. The van der Waals surface area contributed by atoms with Crippen LogP contribution in [-0.2, 0) is 9.47 Å². The van der Waals surface area contributed by atoms with E-state index >= 15 is 0 Å². The van der Waals surface area contributed by atoms with E-state index in [0.717, 1.165) is 19.8 Å². The lowest BCUT2D eigenvalue weighted by molar-refractivity contribution is -0.195. The smallest absolute Gasteiger partial charge is 0.166 e. The lowest BCUT2D eigenvalue weighted by Crippen LogP contribution is -2.59. The first-order valence-electron chi connectivity index (χ1n) is 3.30. The van der Waals surface area contributed by atoms with E-state index in [1.54, 1.807) is 0 Å². The SMILES string of the molecule is C[C@@H]1COC2(COC2)N1. The van der Waals surface area contributed by atoms with E-state index < -0.39 is 0 Å². The quantitative estimate of drug-likeness (QED) is 0.488. The minimum Gasteiger partial charge on any atom is -0.372 e. The summed E-state index contributed by atoms with van der Waals surface area (Å²) in [5.41, 5.74) is -0.0839. The molecule has 2 fully saturated rings. The Hall–Kier alpha value is -0.120. The van der Waals surface area contributed by atoms with Gasteiger partial charge in [-0.2, -0.15) is 0 Å². The highest BCUT2D eigenvalue weighted by Crippen LogP contribution is 2.23. The molecule has 0 unspecified atom stereocenters. The molecule has 0 radical (unpaired) electrons. The molecule has 2 rings (SSSR count). The summed E-state index contributed by atoms with van der Waals surface area (Å²) >= 11 is 0. The maximum atomic E-state index is 5.45. The molecule has 1 spiro atoms. The average molecular weight is 129 g/mol. The molecule has 0 saturated carbocycles. The van der Waals surface area contributed by atoms with Crippen molar-refractivity contribution in [1.29, 1.82) is 0 Å². The summed E-state index contributed by atoms with van der Waals surface area (Å²) in [6.45, 7) is 4.38. The number of ether oxygens (including phenoxy) is 2. The Balaban J connectivity index is 1.99. The lowest BCUT2D eigenvalue weighted by atomic mass is 10.2. The van der Waals surface area contributed by atoms with Crippen LogP contribution in [0.3, 0.4) is 0 Å². The Labute approximate surface area is 54.3 Å². The monoisotopic (exact) mass is 129 g/mol. The first kappa shape index (κ1) is 5.65. The van der Waals surface area contributed by atoms with Gasteiger partial charge in [0.25, 0.3) is 0 Å². The zero-order chi connectivity index (χ0) is 6.32. The second-order valence-electron chi connectivity index (χ2n) is 2.84. The van der Waals surface area contributed by atoms with Crippen LogP contribution in [0.2, 0.25) is 0 Å². The van der Waals surface area contributed by atoms with Gasteiger partial charge in [0.1, 0.15) is 0 Å². The zero-order valence-corrected chi connectivity index (χ0v) is 5.52. The molecule has 0 amide bonds. The van der Waals surface area contributed by atoms with Crippen LogP contribution in [-0.4, -0.2) is 31.6 Å². The van der Waals surface area contributed by atoms with Crippen LogP contribution in [0.1, 0.15) is 6.92 Å². The standard InChI is InChI=1S/C6H11NO2/c1-5-2-9-6(7-5)3-8-4-6/h5,7H,2-4H2,1H3/t5-/m1/s1. The molecule has 3 nitrogen and oxygen atoms in total. The van der Waals surface area contributed by atoms with Gasteiger partial charge in [-0.25, -0.2) is 0 Å². The highest BCUT2D eigenvalue weighted by Gasteiger charge is 2.44. The van der Waals surface area contributed by atoms with Crippen LogP contribution < -0.4 is 5.32 Å². The van der Waals surface area contributed by atoms with Crippen LogP contribution in [0, 0.1) is 0 Å². The Morgan fingerprint density at radius 2 is 2.33 bits per heavy atom. The van der Waals surface area contributed by atoms with Crippen molar-refractivity contribution >= 4 is 0 Å². The molecule has 1 N–H and O–H groups in total. The van der Waals surface area contributed by atoms with Gasteiger partial charge in [0.05, 0.1) is 19.8 Å². The molecule has 2 aliphatic rings. The molecule has 2 saturated heterocycles. The minimum atomic E-state index is -0.0839. The third-order valence-corrected chi connectivity index (χ3v) is 1.79. The summed E-state index contributed by atoms with van der Waals surface area (Å²) in [5, 5.41) is 3.32. The molecular weight excluding hydrogens is 118 g/mol. The molecule has 2 heterocycles. The van der Waals surface area contributed by atoms with Crippen molar-refractivity contribution < 1.29 is 9.47 Å². The summed E-state index contributed by atoms with van der Waals surface area (Å²) < 4.78 is 10.5. The fourth-order valence-corrected chi connectivity index (χ4v) is 1.27. The van der Waals surface area contributed by atoms with Gasteiger partial charge in [-0.05, 0) is 6.92 Å². The van der Waals surface area contributed by atoms with Crippen LogP contribution in [0.4, 0.5) is 0 Å². The number of hydrogen-bond donors (Lipinski definition) is 1. The van der Waals surface area contributed by atoms with E-state index in [4.69, 9.17) is 9.47 Å². The van der Waals surface area contributed by atoms with Gasteiger partial charge in [0, 0.05) is 6.04 Å². The van der Waals surface area contributed by atoms with Crippen LogP contribution in [0.15, 0.2) is 0 Å². The van der Waals surface area contributed by atoms with Crippen LogP contribution in [0.25, 0.3) is 0 Å². The lowest BCUT2D eigenvalue weighted by Gasteiger charge is -2.36. The summed E-state index contributed by atoms with van der Waals surface area (Å²) in [4.78, 5) is 0.